The lowest BCUT2D eigenvalue weighted by atomic mass is 9.88. The van der Waals surface area contributed by atoms with Gasteiger partial charge in [0, 0.05) is 5.56 Å². The molecule has 0 amide bonds. The fourth-order valence-electron chi connectivity index (χ4n) is 3.77. The van der Waals surface area contributed by atoms with E-state index >= 15 is 0 Å². The highest BCUT2D eigenvalue weighted by atomic mass is 16.3. The normalized spacial score (nSPS) is 14.7. The zero-order valence-corrected chi connectivity index (χ0v) is 15.1. The third-order valence-electron chi connectivity index (χ3n) is 5.45. The van der Waals surface area contributed by atoms with Crippen molar-refractivity contribution in [2.24, 2.45) is 0 Å². The van der Waals surface area contributed by atoms with Crippen molar-refractivity contribution in [2.75, 3.05) is 0 Å². The number of benzene rings is 3. The number of phenolic OH excluding ortho intramolecular Hbond substituents is 1. The summed E-state index contributed by atoms with van der Waals surface area (Å²) in [6, 6.07) is 20.7. The van der Waals surface area contributed by atoms with Crippen LogP contribution in [0.3, 0.4) is 0 Å². The minimum Gasteiger partial charge on any atom is -0.507 e. The van der Waals surface area contributed by atoms with Gasteiger partial charge in [0.2, 0.25) is 0 Å². The number of aliphatic hydroxyl groups excluding tert-OH is 1. The smallest absolute Gasteiger partial charge is 0.125 e. The lowest BCUT2D eigenvalue weighted by Gasteiger charge is -2.21. The Kier molecular flexibility index (Phi) is 4.52. The quantitative estimate of drug-likeness (QED) is 0.709. The van der Waals surface area contributed by atoms with Crippen LogP contribution < -0.4 is 0 Å². The van der Waals surface area contributed by atoms with Crippen molar-refractivity contribution in [2.45, 2.75) is 38.7 Å². The van der Waals surface area contributed by atoms with E-state index in [-0.39, 0.29) is 5.75 Å². The molecule has 0 aliphatic heterocycles. The number of hydrogen-bond donors (Lipinski definition) is 2. The van der Waals surface area contributed by atoms with Crippen LogP contribution in [0, 0.1) is 6.92 Å². The van der Waals surface area contributed by atoms with E-state index in [0.29, 0.717) is 5.56 Å². The lowest BCUT2D eigenvalue weighted by Crippen LogP contribution is -2.08. The molecule has 0 heterocycles. The molecule has 0 fully saturated rings. The molecule has 0 saturated heterocycles. The molecule has 132 valence electrons. The van der Waals surface area contributed by atoms with Crippen molar-refractivity contribution in [1.29, 1.82) is 0 Å². The summed E-state index contributed by atoms with van der Waals surface area (Å²) in [5, 5.41) is 22.0. The molecule has 4 aliphatic carbocycles. The van der Waals surface area contributed by atoms with Crippen LogP contribution in [0.1, 0.15) is 45.0 Å². The number of phenols is 1. The molecular formula is C24H24O2. The number of hydrogen-bond acceptors (Lipinski definition) is 2. The first-order chi connectivity index (χ1) is 12.6. The molecule has 1 atom stereocenters. The molecule has 3 aromatic carbocycles. The van der Waals surface area contributed by atoms with Gasteiger partial charge in [-0.3, -0.25) is 0 Å². The predicted molar refractivity (Wildman–Crippen MR) is 105 cm³/mol. The SMILES string of the molecule is Cc1ccc([C@H](O)c2c3ccc(c2O)CCc2ccc(cc2)CC3)cc1. The molecule has 0 spiro atoms. The summed E-state index contributed by atoms with van der Waals surface area (Å²) in [5.41, 5.74) is 7.13. The van der Waals surface area contributed by atoms with Gasteiger partial charge in [0.25, 0.3) is 0 Å². The zero-order valence-electron chi connectivity index (χ0n) is 15.1. The fourth-order valence-corrected chi connectivity index (χ4v) is 3.77. The minimum absolute atomic E-state index is 0.255. The summed E-state index contributed by atoms with van der Waals surface area (Å²) in [5.74, 6) is 0.255. The highest BCUT2D eigenvalue weighted by Crippen LogP contribution is 2.36. The van der Waals surface area contributed by atoms with E-state index in [2.05, 4.69) is 30.3 Å². The highest BCUT2D eigenvalue weighted by Gasteiger charge is 2.21. The van der Waals surface area contributed by atoms with Crippen LogP contribution in [0.2, 0.25) is 0 Å². The molecule has 4 aliphatic rings. The van der Waals surface area contributed by atoms with Crippen molar-refractivity contribution >= 4 is 0 Å². The lowest BCUT2D eigenvalue weighted by molar-refractivity contribution is 0.214. The average Bonchev–Trinajstić information content (AvgIpc) is 2.65. The standard InChI is InChI=1S/C24H24O2/c1-16-2-10-20(11-3-16)23(25)22-19-12-8-17-4-6-18(7-5-17)9-13-21(15-14-19)24(22)26/h2-7,10-11,14-15,23,25-26H,8-9,12-13H2,1H3/t23-/m0/s1. The van der Waals surface area contributed by atoms with Gasteiger partial charge < -0.3 is 10.2 Å². The summed E-state index contributed by atoms with van der Waals surface area (Å²) in [7, 11) is 0. The van der Waals surface area contributed by atoms with E-state index in [1.54, 1.807) is 0 Å². The van der Waals surface area contributed by atoms with Crippen LogP contribution in [0.25, 0.3) is 0 Å². The van der Waals surface area contributed by atoms with Gasteiger partial charge in [0.1, 0.15) is 11.9 Å². The van der Waals surface area contributed by atoms with Gasteiger partial charge in [0.15, 0.2) is 0 Å². The van der Waals surface area contributed by atoms with Crippen LogP contribution in [0.5, 0.6) is 5.75 Å². The van der Waals surface area contributed by atoms with Gasteiger partial charge in [-0.25, -0.2) is 0 Å². The molecule has 2 N–H and O–H groups in total. The predicted octanol–water partition coefficient (Wildman–Crippen LogP) is 4.67. The number of rotatable bonds is 2. The molecule has 2 nitrogen and oxygen atoms in total. The second-order valence-corrected chi connectivity index (χ2v) is 7.28. The van der Waals surface area contributed by atoms with Gasteiger partial charge >= 0.3 is 0 Å². The molecule has 0 saturated carbocycles. The topological polar surface area (TPSA) is 40.5 Å². The van der Waals surface area contributed by atoms with Crippen molar-refractivity contribution < 1.29 is 10.2 Å². The Balaban J connectivity index is 1.78. The maximum absolute atomic E-state index is 11.0. The molecule has 0 radical (unpaired) electrons. The maximum atomic E-state index is 11.0. The van der Waals surface area contributed by atoms with Gasteiger partial charge in [-0.2, -0.15) is 0 Å². The summed E-state index contributed by atoms with van der Waals surface area (Å²) in [6.45, 7) is 2.03. The third-order valence-corrected chi connectivity index (χ3v) is 5.45. The average molecular weight is 344 g/mol. The molecule has 2 heteroatoms. The molecule has 3 aromatic rings. The maximum Gasteiger partial charge on any atom is 0.125 e. The Morgan fingerprint density at radius 3 is 1.85 bits per heavy atom. The molecule has 0 aromatic heterocycles. The van der Waals surface area contributed by atoms with Crippen LogP contribution in [0.4, 0.5) is 0 Å². The van der Waals surface area contributed by atoms with Crippen LogP contribution in [-0.2, 0) is 25.7 Å². The minimum atomic E-state index is -0.811. The molecular weight excluding hydrogens is 320 g/mol. The second kappa shape index (κ2) is 6.97. The Bertz CT molecular complexity index is 908. The Labute approximate surface area is 154 Å². The summed E-state index contributed by atoms with van der Waals surface area (Å²) >= 11 is 0. The first kappa shape index (κ1) is 16.9. The first-order valence-electron chi connectivity index (χ1n) is 9.28. The number of aliphatic hydroxyl groups is 1. The second-order valence-electron chi connectivity index (χ2n) is 7.28. The van der Waals surface area contributed by atoms with Gasteiger partial charge in [-0.1, -0.05) is 66.2 Å². The van der Waals surface area contributed by atoms with Crippen molar-refractivity contribution in [3.63, 3.8) is 0 Å². The van der Waals surface area contributed by atoms with Crippen molar-refractivity contribution in [3.05, 3.63) is 99.6 Å². The van der Waals surface area contributed by atoms with Crippen molar-refractivity contribution in [1.82, 2.24) is 0 Å². The Morgan fingerprint density at radius 2 is 1.23 bits per heavy atom. The van der Waals surface area contributed by atoms with Crippen LogP contribution >= 0.6 is 0 Å². The van der Waals surface area contributed by atoms with Gasteiger partial charge in [0.05, 0.1) is 0 Å². The molecule has 26 heavy (non-hydrogen) atoms. The van der Waals surface area contributed by atoms with E-state index < -0.39 is 6.10 Å². The van der Waals surface area contributed by atoms with E-state index in [1.807, 2.05) is 37.3 Å². The van der Waals surface area contributed by atoms with Gasteiger partial charge in [-0.15, -0.1) is 0 Å². The third kappa shape index (κ3) is 3.25. The fraction of sp³-hybridized carbons (Fsp3) is 0.250. The number of aryl methyl sites for hydroxylation is 5. The first-order valence-corrected chi connectivity index (χ1v) is 9.28. The molecule has 0 unspecified atom stereocenters. The number of aromatic hydroxyl groups is 1. The van der Waals surface area contributed by atoms with E-state index in [9.17, 15) is 10.2 Å². The largest absolute Gasteiger partial charge is 0.507 e. The summed E-state index contributed by atoms with van der Waals surface area (Å²) < 4.78 is 0. The highest BCUT2D eigenvalue weighted by molar-refractivity contribution is 5.50. The zero-order chi connectivity index (χ0) is 18.1. The van der Waals surface area contributed by atoms with Gasteiger partial charge in [-0.05, 0) is 60.4 Å². The summed E-state index contributed by atoms with van der Waals surface area (Å²) in [6.07, 6.45) is 2.53. The Hall–Kier alpha value is -2.58. The van der Waals surface area contributed by atoms with E-state index in [0.717, 1.165) is 47.9 Å². The van der Waals surface area contributed by atoms with Crippen molar-refractivity contribution in [3.8, 4) is 5.75 Å². The van der Waals surface area contributed by atoms with E-state index in [4.69, 9.17) is 0 Å². The molecule has 4 bridgehead atoms. The monoisotopic (exact) mass is 344 g/mol. The molecule has 7 rings (SSSR count). The summed E-state index contributed by atoms with van der Waals surface area (Å²) in [4.78, 5) is 0. The Morgan fingerprint density at radius 1 is 0.692 bits per heavy atom. The van der Waals surface area contributed by atoms with E-state index in [1.165, 1.54) is 11.1 Å². The van der Waals surface area contributed by atoms with Crippen LogP contribution in [-0.4, -0.2) is 10.2 Å². The van der Waals surface area contributed by atoms with Crippen LogP contribution in [0.15, 0.2) is 60.7 Å².